The number of halogens is 1. The summed E-state index contributed by atoms with van der Waals surface area (Å²) in [5.41, 5.74) is 4.10. The Hall–Kier alpha value is -2.78. The highest BCUT2D eigenvalue weighted by molar-refractivity contribution is 14.1. The fourth-order valence-electron chi connectivity index (χ4n) is 2.79. The molecule has 1 aromatic heterocycles. The Kier molecular flexibility index (Phi) is 5.86. The third-order valence-corrected chi connectivity index (χ3v) is 5.18. The van der Waals surface area contributed by atoms with Crippen LogP contribution in [0.5, 0.6) is 0 Å². The maximum absolute atomic E-state index is 12.2. The molecule has 0 saturated carbocycles. The Balaban J connectivity index is 1.35. The van der Waals surface area contributed by atoms with E-state index in [4.69, 9.17) is 16.6 Å². The maximum atomic E-state index is 12.2. The molecule has 3 aromatic carbocycles. The van der Waals surface area contributed by atoms with Crippen molar-refractivity contribution in [1.29, 1.82) is 0 Å². The molecule has 0 fully saturated rings. The van der Waals surface area contributed by atoms with Gasteiger partial charge < -0.3 is 9.73 Å². The second-order valence-corrected chi connectivity index (χ2v) is 7.98. The van der Waals surface area contributed by atoms with Crippen molar-refractivity contribution < 1.29 is 9.21 Å². The number of nitrogens with zero attached hydrogens (tertiary/aromatic N) is 1. The van der Waals surface area contributed by atoms with Gasteiger partial charge in [-0.3, -0.25) is 10.1 Å². The first-order valence-corrected chi connectivity index (χ1v) is 10.4. The van der Waals surface area contributed by atoms with Crippen LogP contribution in [0.25, 0.3) is 22.6 Å². The van der Waals surface area contributed by atoms with Crippen molar-refractivity contribution in [2.75, 3.05) is 0 Å². The molecule has 7 heteroatoms. The lowest BCUT2D eigenvalue weighted by Crippen LogP contribution is -2.38. The van der Waals surface area contributed by atoms with Crippen molar-refractivity contribution in [2.24, 2.45) is 0 Å². The number of aromatic nitrogens is 1. The second-order valence-electron chi connectivity index (χ2n) is 6.33. The number of para-hydroxylation sites is 2. The Morgan fingerprint density at radius 2 is 1.83 bits per heavy atom. The molecule has 2 N–H and O–H groups in total. The first kappa shape index (κ1) is 19.5. The quantitative estimate of drug-likeness (QED) is 0.300. The third kappa shape index (κ3) is 4.80. The number of hydrogen-bond donors (Lipinski definition) is 2. The van der Waals surface area contributed by atoms with Crippen LogP contribution in [0.1, 0.15) is 15.9 Å². The highest BCUT2D eigenvalue weighted by Gasteiger charge is 2.09. The SMILES string of the molecule is O=C(NC(=S)NCc1ccc(-c2nc3ccccc3o2)cc1)c1cccc(I)c1. The molecule has 0 aliphatic heterocycles. The zero-order chi connectivity index (χ0) is 20.2. The lowest BCUT2D eigenvalue weighted by molar-refractivity contribution is 0.0976. The van der Waals surface area contributed by atoms with Crippen LogP contribution >= 0.6 is 34.8 Å². The minimum Gasteiger partial charge on any atom is -0.436 e. The van der Waals surface area contributed by atoms with Crippen molar-refractivity contribution in [3.8, 4) is 11.5 Å². The minimum absolute atomic E-state index is 0.229. The maximum Gasteiger partial charge on any atom is 0.257 e. The van der Waals surface area contributed by atoms with Gasteiger partial charge in [-0.25, -0.2) is 4.98 Å². The molecule has 4 aromatic rings. The molecule has 1 heterocycles. The lowest BCUT2D eigenvalue weighted by Gasteiger charge is -2.10. The molecule has 5 nitrogen and oxygen atoms in total. The molecule has 0 saturated heterocycles. The smallest absolute Gasteiger partial charge is 0.257 e. The number of fused-ring (bicyclic) bond motifs is 1. The number of oxazole rings is 1. The van der Waals surface area contributed by atoms with Gasteiger partial charge in [-0.15, -0.1) is 0 Å². The molecule has 4 rings (SSSR count). The van der Waals surface area contributed by atoms with E-state index in [1.165, 1.54) is 0 Å². The Morgan fingerprint density at radius 3 is 2.59 bits per heavy atom. The molecule has 0 aliphatic rings. The summed E-state index contributed by atoms with van der Waals surface area (Å²) >= 11 is 7.40. The van der Waals surface area contributed by atoms with E-state index < -0.39 is 0 Å². The number of carbonyl (C=O) groups is 1. The predicted octanol–water partition coefficient (Wildman–Crippen LogP) is 4.90. The van der Waals surface area contributed by atoms with Crippen LogP contribution in [0.2, 0.25) is 0 Å². The molecule has 29 heavy (non-hydrogen) atoms. The predicted molar refractivity (Wildman–Crippen MR) is 126 cm³/mol. The fourth-order valence-corrected chi connectivity index (χ4v) is 3.50. The van der Waals surface area contributed by atoms with Gasteiger partial charge in [0.2, 0.25) is 5.89 Å². The van der Waals surface area contributed by atoms with Gasteiger partial charge >= 0.3 is 0 Å². The highest BCUT2D eigenvalue weighted by Crippen LogP contribution is 2.24. The normalized spacial score (nSPS) is 10.7. The summed E-state index contributed by atoms with van der Waals surface area (Å²) in [5, 5.41) is 6.04. The van der Waals surface area contributed by atoms with E-state index >= 15 is 0 Å². The number of nitrogens with one attached hydrogen (secondary N) is 2. The lowest BCUT2D eigenvalue weighted by atomic mass is 10.1. The van der Waals surface area contributed by atoms with E-state index in [1.54, 1.807) is 6.07 Å². The molecule has 0 spiro atoms. The second kappa shape index (κ2) is 8.71. The standard InChI is InChI=1S/C22H16IN3O2S/c23-17-5-3-4-16(12-17)20(27)26-22(29)24-13-14-8-10-15(11-9-14)21-25-18-6-1-2-7-19(18)28-21/h1-12H,13H2,(H2,24,26,27,29). The van der Waals surface area contributed by atoms with E-state index in [0.717, 1.165) is 25.8 Å². The van der Waals surface area contributed by atoms with E-state index in [2.05, 4.69) is 38.2 Å². The van der Waals surface area contributed by atoms with Crippen molar-refractivity contribution in [3.05, 3.63) is 87.5 Å². The summed E-state index contributed by atoms with van der Waals surface area (Å²) in [6.45, 7) is 0.499. The summed E-state index contributed by atoms with van der Waals surface area (Å²) in [6, 6.07) is 22.9. The average Bonchev–Trinajstić information content (AvgIpc) is 3.17. The van der Waals surface area contributed by atoms with Gasteiger partial charge in [0.1, 0.15) is 5.52 Å². The molecule has 0 bridgehead atoms. The molecule has 1 amide bonds. The number of carbonyl (C=O) groups excluding carboxylic acids is 1. The first-order valence-electron chi connectivity index (χ1n) is 8.88. The number of amides is 1. The van der Waals surface area contributed by atoms with Crippen LogP contribution in [0.4, 0.5) is 0 Å². The monoisotopic (exact) mass is 513 g/mol. The highest BCUT2D eigenvalue weighted by atomic mass is 127. The van der Waals surface area contributed by atoms with Crippen LogP contribution in [0.3, 0.4) is 0 Å². The number of thiocarbonyl (C=S) groups is 1. The number of rotatable bonds is 4. The Bertz CT molecular complexity index is 1160. The van der Waals surface area contributed by atoms with E-state index in [1.807, 2.05) is 66.7 Å². The van der Waals surface area contributed by atoms with Crippen LogP contribution < -0.4 is 10.6 Å². The molecule has 0 atom stereocenters. The van der Waals surface area contributed by atoms with Crippen LogP contribution in [-0.2, 0) is 6.54 Å². The summed E-state index contributed by atoms with van der Waals surface area (Å²) in [4.78, 5) is 16.7. The molecular weight excluding hydrogens is 497 g/mol. The zero-order valence-electron chi connectivity index (χ0n) is 15.2. The molecule has 0 unspecified atom stereocenters. The average molecular weight is 513 g/mol. The molecule has 0 aliphatic carbocycles. The third-order valence-electron chi connectivity index (χ3n) is 4.26. The van der Waals surface area contributed by atoms with E-state index in [9.17, 15) is 4.79 Å². The molecule has 0 radical (unpaired) electrons. The van der Waals surface area contributed by atoms with Crippen molar-refractivity contribution in [2.45, 2.75) is 6.54 Å². The van der Waals surface area contributed by atoms with Crippen molar-refractivity contribution in [3.63, 3.8) is 0 Å². The van der Waals surface area contributed by atoms with Gasteiger partial charge in [0.25, 0.3) is 5.91 Å². The van der Waals surface area contributed by atoms with Gasteiger partial charge in [-0.2, -0.15) is 0 Å². The Labute approximate surface area is 186 Å². The molecule has 144 valence electrons. The van der Waals surface area contributed by atoms with Crippen molar-refractivity contribution in [1.82, 2.24) is 15.6 Å². The van der Waals surface area contributed by atoms with Gasteiger partial charge in [-0.05, 0) is 82.8 Å². The van der Waals surface area contributed by atoms with Gasteiger partial charge in [0.05, 0.1) is 0 Å². The number of hydrogen-bond acceptors (Lipinski definition) is 4. The first-order chi connectivity index (χ1) is 14.1. The van der Waals surface area contributed by atoms with Gasteiger partial charge in [0, 0.05) is 21.2 Å². The topological polar surface area (TPSA) is 67.2 Å². The Morgan fingerprint density at radius 1 is 1.03 bits per heavy atom. The number of benzene rings is 3. The largest absolute Gasteiger partial charge is 0.436 e. The zero-order valence-corrected chi connectivity index (χ0v) is 18.2. The van der Waals surface area contributed by atoms with Crippen LogP contribution in [-0.4, -0.2) is 16.0 Å². The summed E-state index contributed by atoms with van der Waals surface area (Å²) in [6.07, 6.45) is 0. The fraction of sp³-hybridized carbons (Fsp3) is 0.0455. The van der Waals surface area contributed by atoms with Crippen LogP contribution in [0.15, 0.2) is 77.2 Å². The van der Waals surface area contributed by atoms with E-state index in [0.29, 0.717) is 18.0 Å². The summed E-state index contributed by atoms with van der Waals surface area (Å²) in [5.74, 6) is 0.360. The minimum atomic E-state index is -0.229. The van der Waals surface area contributed by atoms with Gasteiger partial charge in [-0.1, -0.05) is 30.3 Å². The summed E-state index contributed by atoms with van der Waals surface area (Å²) < 4.78 is 6.78. The van der Waals surface area contributed by atoms with Crippen LogP contribution in [0, 0.1) is 3.57 Å². The summed E-state index contributed by atoms with van der Waals surface area (Å²) in [7, 11) is 0. The van der Waals surface area contributed by atoms with Crippen molar-refractivity contribution >= 4 is 56.9 Å². The van der Waals surface area contributed by atoms with E-state index in [-0.39, 0.29) is 11.0 Å². The molecular formula is C22H16IN3O2S. The van der Waals surface area contributed by atoms with Gasteiger partial charge in [0.15, 0.2) is 10.7 Å².